The number of hydrogen-bond donors (Lipinski definition) is 2. The van der Waals surface area contributed by atoms with Crippen molar-refractivity contribution in [3.63, 3.8) is 0 Å². The summed E-state index contributed by atoms with van der Waals surface area (Å²) in [7, 11) is 3.66. The summed E-state index contributed by atoms with van der Waals surface area (Å²) in [5.74, 6) is -0.112. The number of amides is 1. The molecule has 0 heterocycles. The lowest BCUT2D eigenvalue weighted by molar-refractivity contribution is -0.116. The molecule has 0 aliphatic heterocycles. The Labute approximate surface area is 129 Å². The Morgan fingerprint density at radius 1 is 1.48 bits per heavy atom. The maximum atomic E-state index is 11.9. The fourth-order valence-corrected chi connectivity index (χ4v) is 1.94. The van der Waals surface area contributed by atoms with Crippen LogP contribution in [0.15, 0.2) is 23.2 Å². The zero-order valence-electron chi connectivity index (χ0n) is 12.6. The fourth-order valence-electron chi connectivity index (χ4n) is 1.60. The van der Waals surface area contributed by atoms with E-state index in [0.29, 0.717) is 23.1 Å². The number of thioether (sulfide) groups is 1. The lowest BCUT2D eigenvalue weighted by Gasteiger charge is -2.12. The SMILES string of the molecule is CSC(=Nc1cc(C)ccc1NC(=O)CN(C)C)NC#N. The summed E-state index contributed by atoms with van der Waals surface area (Å²) >= 11 is 1.33. The number of benzene rings is 1. The number of carbonyl (C=O) groups excluding carboxylic acids is 1. The molecular weight excluding hydrogens is 286 g/mol. The maximum Gasteiger partial charge on any atom is 0.238 e. The first kappa shape index (κ1) is 17.0. The van der Waals surface area contributed by atoms with Gasteiger partial charge in [0.2, 0.25) is 5.91 Å². The zero-order valence-corrected chi connectivity index (χ0v) is 13.4. The molecule has 1 amide bonds. The van der Waals surface area contributed by atoms with E-state index in [1.54, 1.807) is 4.90 Å². The van der Waals surface area contributed by atoms with Crippen molar-refractivity contribution in [2.75, 3.05) is 32.2 Å². The van der Waals surface area contributed by atoms with Crippen molar-refractivity contribution in [2.45, 2.75) is 6.92 Å². The number of hydrogen-bond acceptors (Lipinski definition) is 5. The average Bonchev–Trinajstić information content (AvgIpc) is 2.40. The first-order chi connectivity index (χ1) is 9.96. The van der Waals surface area contributed by atoms with E-state index in [1.807, 2.05) is 51.7 Å². The summed E-state index contributed by atoms with van der Waals surface area (Å²) in [6, 6.07) is 5.58. The van der Waals surface area contributed by atoms with Gasteiger partial charge in [0.25, 0.3) is 0 Å². The van der Waals surface area contributed by atoms with Gasteiger partial charge in [0.05, 0.1) is 17.9 Å². The molecule has 1 aromatic carbocycles. The number of amidine groups is 1. The molecular formula is C14H19N5OS. The van der Waals surface area contributed by atoms with Gasteiger partial charge in [-0.2, -0.15) is 5.26 Å². The van der Waals surface area contributed by atoms with Crippen molar-refractivity contribution >= 4 is 34.2 Å². The number of aryl methyl sites for hydroxylation is 1. The molecule has 0 bridgehead atoms. The van der Waals surface area contributed by atoms with Crippen molar-refractivity contribution in [1.29, 1.82) is 5.26 Å². The van der Waals surface area contributed by atoms with E-state index in [0.717, 1.165) is 5.56 Å². The van der Waals surface area contributed by atoms with Crippen LogP contribution in [0.2, 0.25) is 0 Å². The van der Waals surface area contributed by atoms with Crippen molar-refractivity contribution in [2.24, 2.45) is 4.99 Å². The van der Waals surface area contributed by atoms with Gasteiger partial charge in [-0.1, -0.05) is 17.8 Å². The Bertz CT molecular complexity index is 577. The molecule has 0 aliphatic carbocycles. The van der Waals surface area contributed by atoms with Crippen LogP contribution in [0, 0.1) is 18.4 Å². The number of rotatable bonds is 4. The number of nitrogens with zero attached hydrogens (tertiary/aromatic N) is 3. The highest BCUT2D eigenvalue weighted by atomic mass is 32.2. The number of carbonyl (C=O) groups is 1. The highest BCUT2D eigenvalue weighted by Crippen LogP contribution is 2.27. The van der Waals surface area contributed by atoms with Gasteiger partial charge in [-0.15, -0.1) is 0 Å². The van der Waals surface area contributed by atoms with Gasteiger partial charge < -0.3 is 10.2 Å². The zero-order chi connectivity index (χ0) is 15.8. The summed E-state index contributed by atoms with van der Waals surface area (Å²) in [6.07, 6.45) is 3.67. The predicted octanol–water partition coefficient (Wildman–Crippen LogP) is 1.92. The number of aliphatic imine (C=N–C) groups is 1. The van der Waals surface area contributed by atoms with Crippen LogP contribution in [0.5, 0.6) is 0 Å². The molecule has 2 N–H and O–H groups in total. The third-order valence-electron chi connectivity index (χ3n) is 2.47. The highest BCUT2D eigenvalue weighted by Gasteiger charge is 2.09. The predicted molar refractivity (Wildman–Crippen MR) is 87.7 cm³/mol. The standard InChI is InChI=1S/C14H19N5OS/c1-10-5-6-11(17-13(20)8-19(2)3)12(7-10)18-14(21-4)16-9-15/h5-7H,8H2,1-4H3,(H,16,18)(H,17,20). The molecule has 0 aliphatic rings. The smallest absolute Gasteiger partial charge is 0.238 e. The second-order valence-corrected chi connectivity index (χ2v) is 5.46. The molecule has 0 fully saturated rings. The van der Waals surface area contributed by atoms with Gasteiger partial charge in [0.1, 0.15) is 0 Å². The normalized spacial score (nSPS) is 11.1. The number of nitrogens with one attached hydrogen (secondary N) is 2. The fraction of sp³-hybridized carbons (Fsp3) is 0.357. The Morgan fingerprint density at radius 3 is 2.76 bits per heavy atom. The minimum atomic E-state index is -0.112. The Kier molecular flexibility index (Phi) is 6.72. The average molecular weight is 305 g/mol. The third-order valence-corrected chi connectivity index (χ3v) is 3.05. The molecule has 6 nitrogen and oxygen atoms in total. The maximum absolute atomic E-state index is 11.9. The van der Waals surface area contributed by atoms with Crippen LogP contribution in [-0.4, -0.2) is 42.9 Å². The second kappa shape index (κ2) is 8.29. The number of nitriles is 1. The largest absolute Gasteiger partial charge is 0.323 e. The molecule has 1 rings (SSSR count). The lowest BCUT2D eigenvalue weighted by Crippen LogP contribution is -2.27. The van der Waals surface area contributed by atoms with Gasteiger partial charge in [-0.3, -0.25) is 10.1 Å². The molecule has 7 heteroatoms. The van der Waals surface area contributed by atoms with E-state index >= 15 is 0 Å². The van der Waals surface area contributed by atoms with Crippen molar-refractivity contribution < 1.29 is 4.79 Å². The van der Waals surface area contributed by atoms with Crippen LogP contribution in [0.1, 0.15) is 5.56 Å². The van der Waals surface area contributed by atoms with Gasteiger partial charge in [0.15, 0.2) is 11.4 Å². The summed E-state index contributed by atoms with van der Waals surface area (Å²) in [5, 5.41) is 14.5. The minimum Gasteiger partial charge on any atom is -0.323 e. The molecule has 0 aromatic heterocycles. The Morgan fingerprint density at radius 2 is 2.19 bits per heavy atom. The Balaban J connectivity index is 3.05. The first-order valence-electron chi connectivity index (χ1n) is 6.29. The van der Waals surface area contributed by atoms with E-state index in [2.05, 4.69) is 15.6 Å². The van der Waals surface area contributed by atoms with Crippen LogP contribution in [-0.2, 0) is 4.79 Å². The number of likely N-dealkylation sites (N-methyl/N-ethyl adjacent to an activating group) is 1. The van der Waals surface area contributed by atoms with Gasteiger partial charge in [-0.05, 0) is 45.0 Å². The third kappa shape index (κ3) is 5.85. The van der Waals surface area contributed by atoms with E-state index < -0.39 is 0 Å². The number of anilines is 1. The molecule has 0 spiro atoms. The van der Waals surface area contributed by atoms with E-state index in [4.69, 9.17) is 5.26 Å². The van der Waals surface area contributed by atoms with E-state index in [1.165, 1.54) is 11.8 Å². The summed E-state index contributed by atoms with van der Waals surface area (Å²) in [6.45, 7) is 2.24. The highest BCUT2D eigenvalue weighted by molar-refractivity contribution is 8.13. The van der Waals surface area contributed by atoms with E-state index in [-0.39, 0.29) is 5.91 Å². The Hall–Kier alpha value is -2.04. The summed E-state index contributed by atoms with van der Waals surface area (Å²) < 4.78 is 0. The minimum absolute atomic E-state index is 0.112. The molecule has 0 atom stereocenters. The monoisotopic (exact) mass is 305 g/mol. The molecule has 0 saturated carbocycles. The van der Waals surface area contributed by atoms with Crippen LogP contribution in [0.4, 0.5) is 11.4 Å². The van der Waals surface area contributed by atoms with Gasteiger partial charge in [0, 0.05) is 0 Å². The van der Waals surface area contributed by atoms with Gasteiger partial charge >= 0.3 is 0 Å². The van der Waals surface area contributed by atoms with Crippen LogP contribution in [0.25, 0.3) is 0 Å². The second-order valence-electron chi connectivity index (χ2n) is 4.66. The van der Waals surface area contributed by atoms with Crippen molar-refractivity contribution in [3.05, 3.63) is 23.8 Å². The summed E-state index contributed by atoms with van der Waals surface area (Å²) in [4.78, 5) is 18.0. The molecule has 0 saturated heterocycles. The summed E-state index contributed by atoms with van der Waals surface area (Å²) in [5.41, 5.74) is 2.27. The van der Waals surface area contributed by atoms with Crippen molar-refractivity contribution in [1.82, 2.24) is 10.2 Å². The first-order valence-corrected chi connectivity index (χ1v) is 7.51. The molecule has 21 heavy (non-hydrogen) atoms. The van der Waals surface area contributed by atoms with Gasteiger partial charge in [-0.25, -0.2) is 4.99 Å². The molecule has 1 aromatic rings. The van der Waals surface area contributed by atoms with E-state index in [9.17, 15) is 4.79 Å². The lowest BCUT2D eigenvalue weighted by atomic mass is 10.2. The molecule has 0 unspecified atom stereocenters. The van der Waals surface area contributed by atoms with Crippen LogP contribution in [0.3, 0.4) is 0 Å². The van der Waals surface area contributed by atoms with Crippen LogP contribution < -0.4 is 10.6 Å². The quantitative estimate of drug-likeness (QED) is 0.384. The molecule has 0 radical (unpaired) electrons. The van der Waals surface area contributed by atoms with Crippen molar-refractivity contribution in [3.8, 4) is 6.19 Å². The molecule has 112 valence electrons. The van der Waals surface area contributed by atoms with Crippen LogP contribution >= 0.6 is 11.8 Å². The topological polar surface area (TPSA) is 80.5 Å².